The lowest BCUT2D eigenvalue weighted by Gasteiger charge is -2.44. The topological polar surface area (TPSA) is 63.2 Å². The van der Waals surface area contributed by atoms with Crippen LogP contribution in [0.4, 0.5) is 0 Å². The number of hydrogen-bond donors (Lipinski definition) is 1. The second-order valence-electron chi connectivity index (χ2n) is 6.55. The Bertz CT molecular complexity index is 850. The standard InChI is InChI=1S/C18H19NO3S/c1-18(2)16(19-17(18)20)14-6-4-12(5-7-14)13-8-10-15(11-9-13)23(3,21)22/h4-11,16H,1-3H3,(H,19,20). The Labute approximate surface area is 136 Å². The summed E-state index contributed by atoms with van der Waals surface area (Å²) >= 11 is 0. The summed E-state index contributed by atoms with van der Waals surface area (Å²) in [5, 5.41) is 2.93. The van der Waals surface area contributed by atoms with E-state index in [0.717, 1.165) is 16.7 Å². The van der Waals surface area contributed by atoms with E-state index in [4.69, 9.17) is 0 Å². The van der Waals surface area contributed by atoms with E-state index in [1.165, 1.54) is 6.26 Å². The molecule has 0 spiro atoms. The van der Waals surface area contributed by atoms with Crippen LogP contribution in [0.25, 0.3) is 11.1 Å². The van der Waals surface area contributed by atoms with Gasteiger partial charge in [-0.2, -0.15) is 0 Å². The Morgan fingerprint density at radius 1 is 0.913 bits per heavy atom. The fourth-order valence-electron chi connectivity index (χ4n) is 2.81. The molecule has 2 aromatic carbocycles. The van der Waals surface area contributed by atoms with Crippen LogP contribution in [0, 0.1) is 5.41 Å². The van der Waals surface area contributed by atoms with Crippen LogP contribution in [0.1, 0.15) is 25.5 Å². The second kappa shape index (κ2) is 5.20. The van der Waals surface area contributed by atoms with Gasteiger partial charge in [0, 0.05) is 6.26 Å². The van der Waals surface area contributed by atoms with Gasteiger partial charge in [0.05, 0.1) is 16.4 Å². The van der Waals surface area contributed by atoms with Crippen LogP contribution in [-0.4, -0.2) is 20.6 Å². The largest absolute Gasteiger partial charge is 0.348 e. The highest BCUT2D eigenvalue weighted by Gasteiger charge is 2.47. The number of benzene rings is 2. The van der Waals surface area contributed by atoms with Crippen LogP contribution < -0.4 is 5.32 Å². The average Bonchev–Trinajstić information content (AvgIpc) is 2.52. The van der Waals surface area contributed by atoms with Crippen molar-refractivity contribution in [3.63, 3.8) is 0 Å². The molecule has 1 aliphatic heterocycles. The van der Waals surface area contributed by atoms with Gasteiger partial charge in [-0.15, -0.1) is 0 Å². The zero-order chi connectivity index (χ0) is 16.8. The van der Waals surface area contributed by atoms with Crippen molar-refractivity contribution in [1.29, 1.82) is 0 Å². The third kappa shape index (κ3) is 2.77. The Balaban J connectivity index is 1.84. The number of amides is 1. The van der Waals surface area contributed by atoms with Gasteiger partial charge in [0.1, 0.15) is 0 Å². The molecule has 0 bridgehead atoms. The monoisotopic (exact) mass is 329 g/mol. The van der Waals surface area contributed by atoms with Gasteiger partial charge >= 0.3 is 0 Å². The van der Waals surface area contributed by atoms with E-state index < -0.39 is 9.84 Å². The molecule has 1 N–H and O–H groups in total. The van der Waals surface area contributed by atoms with Crippen molar-refractivity contribution in [2.45, 2.75) is 24.8 Å². The Hall–Kier alpha value is -2.14. The first-order chi connectivity index (χ1) is 10.7. The van der Waals surface area contributed by atoms with E-state index >= 15 is 0 Å². The molecule has 2 aromatic rings. The maximum absolute atomic E-state index is 11.6. The first kappa shape index (κ1) is 15.7. The lowest BCUT2D eigenvalue weighted by molar-refractivity contribution is -0.143. The highest BCUT2D eigenvalue weighted by atomic mass is 32.2. The molecule has 23 heavy (non-hydrogen) atoms. The molecule has 0 saturated carbocycles. The molecule has 1 atom stereocenters. The normalized spacial score (nSPS) is 19.8. The average molecular weight is 329 g/mol. The van der Waals surface area contributed by atoms with Crippen LogP contribution in [0.2, 0.25) is 0 Å². The van der Waals surface area contributed by atoms with Crippen molar-refractivity contribution < 1.29 is 13.2 Å². The number of sulfone groups is 1. The number of carbonyl (C=O) groups excluding carboxylic acids is 1. The van der Waals surface area contributed by atoms with E-state index in [9.17, 15) is 13.2 Å². The molecule has 1 amide bonds. The van der Waals surface area contributed by atoms with Crippen molar-refractivity contribution in [2.75, 3.05) is 6.26 Å². The summed E-state index contributed by atoms with van der Waals surface area (Å²) in [6, 6.07) is 14.9. The molecular weight excluding hydrogens is 310 g/mol. The van der Waals surface area contributed by atoms with Gasteiger partial charge in [-0.05, 0) is 42.7 Å². The maximum atomic E-state index is 11.6. The molecule has 5 heteroatoms. The van der Waals surface area contributed by atoms with E-state index in [0.29, 0.717) is 4.90 Å². The Morgan fingerprint density at radius 3 is 1.78 bits per heavy atom. The molecule has 1 heterocycles. The smallest absolute Gasteiger partial charge is 0.228 e. The van der Waals surface area contributed by atoms with Gasteiger partial charge < -0.3 is 5.32 Å². The van der Waals surface area contributed by atoms with Gasteiger partial charge in [-0.3, -0.25) is 4.79 Å². The molecule has 1 aliphatic rings. The summed E-state index contributed by atoms with van der Waals surface area (Å²) in [7, 11) is -3.17. The molecule has 1 unspecified atom stereocenters. The van der Waals surface area contributed by atoms with Gasteiger partial charge in [-0.1, -0.05) is 36.4 Å². The van der Waals surface area contributed by atoms with E-state index in [2.05, 4.69) is 5.32 Å². The second-order valence-corrected chi connectivity index (χ2v) is 8.56. The molecule has 0 radical (unpaired) electrons. The minimum atomic E-state index is -3.17. The van der Waals surface area contributed by atoms with E-state index in [1.807, 2.05) is 38.1 Å². The lowest BCUT2D eigenvalue weighted by atomic mass is 9.73. The predicted octanol–water partition coefficient (Wildman–Crippen LogP) is 2.95. The molecule has 3 rings (SSSR count). The highest BCUT2D eigenvalue weighted by molar-refractivity contribution is 7.90. The molecule has 0 aromatic heterocycles. The van der Waals surface area contributed by atoms with Crippen LogP contribution >= 0.6 is 0 Å². The van der Waals surface area contributed by atoms with Crippen LogP contribution in [-0.2, 0) is 14.6 Å². The van der Waals surface area contributed by atoms with Crippen molar-refractivity contribution in [2.24, 2.45) is 5.41 Å². The summed E-state index contributed by atoms with van der Waals surface area (Å²) in [6.07, 6.45) is 1.20. The van der Waals surface area contributed by atoms with Crippen molar-refractivity contribution in [3.05, 3.63) is 54.1 Å². The minimum absolute atomic E-state index is 0.0386. The lowest BCUT2D eigenvalue weighted by Crippen LogP contribution is -2.57. The molecular formula is C18H19NO3S. The SMILES string of the molecule is CC1(C)C(=O)NC1c1ccc(-c2ccc(S(C)(=O)=O)cc2)cc1. The predicted molar refractivity (Wildman–Crippen MR) is 89.7 cm³/mol. The summed E-state index contributed by atoms with van der Waals surface area (Å²) in [5.74, 6) is 0.0722. The fourth-order valence-corrected chi connectivity index (χ4v) is 3.44. The summed E-state index contributed by atoms with van der Waals surface area (Å²) in [4.78, 5) is 11.9. The van der Waals surface area contributed by atoms with Crippen molar-refractivity contribution in [1.82, 2.24) is 5.32 Å². The maximum Gasteiger partial charge on any atom is 0.228 e. The quantitative estimate of drug-likeness (QED) is 0.881. The summed E-state index contributed by atoms with van der Waals surface area (Å²) in [5.41, 5.74) is 2.67. The zero-order valence-corrected chi connectivity index (χ0v) is 14.1. The van der Waals surface area contributed by atoms with Crippen LogP contribution in [0.15, 0.2) is 53.4 Å². The van der Waals surface area contributed by atoms with Gasteiger partial charge in [0.25, 0.3) is 0 Å². The van der Waals surface area contributed by atoms with E-state index in [-0.39, 0.29) is 17.4 Å². The zero-order valence-electron chi connectivity index (χ0n) is 13.3. The Kier molecular flexibility index (Phi) is 3.56. The molecule has 1 saturated heterocycles. The number of carbonyl (C=O) groups is 1. The first-order valence-electron chi connectivity index (χ1n) is 7.41. The molecule has 0 aliphatic carbocycles. The summed E-state index contributed by atoms with van der Waals surface area (Å²) in [6.45, 7) is 3.88. The van der Waals surface area contributed by atoms with Gasteiger partial charge in [0.15, 0.2) is 9.84 Å². The van der Waals surface area contributed by atoms with Gasteiger partial charge in [-0.25, -0.2) is 8.42 Å². The molecule has 120 valence electrons. The summed E-state index contributed by atoms with van der Waals surface area (Å²) < 4.78 is 23.0. The van der Waals surface area contributed by atoms with E-state index in [1.54, 1.807) is 24.3 Å². The van der Waals surface area contributed by atoms with Gasteiger partial charge in [0.2, 0.25) is 5.91 Å². The van der Waals surface area contributed by atoms with Crippen LogP contribution in [0.3, 0.4) is 0 Å². The molecule has 1 fully saturated rings. The number of nitrogens with one attached hydrogen (secondary N) is 1. The third-order valence-corrected chi connectivity index (χ3v) is 5.57. The highest BCUT2D eigenvalue weighted by Crippen LogP contribution is 2.41. The van der Waals surface area contributed by atoms with Crippen molar-refractivity contribution >= 4 is 15.7 Å². The van der Waals surface area contributed by atoms with Crippen LogP contribution in [0.5, 0.6) is 0 Å². The molecule has 4 nitrogen and oxygen atoms in total. The number of β-lactam (4-membered cyclic amide) rings is 1. The number of hydrogen-bond acceptors (Lipinski definition) is 3. The number of rotatable bonds is 3. The first-order valence-corrected chi connectivity index (χ1v) is 9.30. The van der Waals surface area contributed by atoms with Crippen molar-refractivity contribution in [3.8, 4) is 11.1 Å². The minimum Gasteiger partial charge on any atom is -0.348 e. The Morgan fingerprint density at radius 2 is 1.39 bits per heavy atom. The third-order valence-electron chi connectivity index (χ3n) is 4.44. The fraction of sp³-hybridized carbons (Fsp3) is 0.278.